The van der Waals surface area contributed by atoms with Crippen LogP contribution in [0.4, 0.5) is 11.5 Å². The summed E-state index contributed by atoms with van der Waals surface area (Å²) in [5.41, 5.74) is 7.61. The minimum atomic E-state index is 0.104. The summed E-state index contributed by atoms with van der Waals surface area (Å²) in [5, 5.41) is 8.07. The highest BCUT2D eigenvalue weighted by Gasteiger charge is 2.25. The van der Waals surface area contributed by atoms with E-state index >= 15 is 0 Å². The molecule has 2 aromatic heterocycles. The number of carbonyl (C=O) groups excluding carboxylic acids is 1. The van der Waals surface area contributed by atoms with Crippen molar-refractivity contribution in [3.8, 4) is 11.1 Å². The van der Waals surface area contributed by atoms with Gasteiger partial charge in [0.2, 0.25) is 5.91 Å². The summed E-state index contributed by atoms with van der Waals surface area (Å²) in [7, 11) is 1.96. The second-order valence-electron chi connectivity index (χ2n) is 7.38. The first-order chi connectivity index (χ1) is 13.4. The lowest BCUT2D eigenvalue weighted by Gasteiger charge is -2.26. The highest BCUT2D eigenvalue weighted by atomic mass is 16.2. The molecule has 0 atom stereocenters. The predicted molar refractivity (Wildman–Crippen MR) is 110 cm³/mol. The van der Waals surface area contributed by atoms with Crippen LogP contribution in [0, 0.1) is 13.8 Å². The van der Waals surface area contributed by atoms with E-state index in [-0.39, 0.29) is 5.91 Å². The molecule has 6 nitrogen and oxygen atoms in total. The monoisotopic (exact) mass is 375 g/mol. The molecule has 1 N–H and O–H groups in total. The number of nitrogens with zero attached hydrogens (tertiary/aromatic N) is 4. The SMILES string of the molecule is CC(=O)N1CCc2c(c(Nc3ccc(-c4ccc(C)nc4C)cc3)nn2C)C1. The summed E-state index contributed by atoms with van der Waals surface area (Å²) in [5.74, 6) is 0.927. The van der Waals surface area contributed by atoms with Gasteiger partial charge in [-0.05, 0) is 37.6 Å². The fraction of sp³-hybridized carbons (Fsp3) is 0.318. The molecule has 4 rings (SSSR count). The Kier molecular flexibility index (Phi) is 4.63. The van der Waals surface area contributed by atoms with Crippen molar-refractivity contribution in [3.05, 3.63) is 59.0 Å². The molecule has 0 radical (unpaired) electrons. The van der Waals surface area contributed by atoms with E-state index in [0.29, 0.717) is 6.54 Å². The van der Waals surface area contributed by atoms with E-state index in [1.54, 1.807) is 6.92 Å². The van der Waals surface area contributed by atoms with Crippen molar-refractivity contribution in [2.24, 2.45) is 7.05 Å². The van der Waals surface area contributed by atoms with Crippen LogP contribution in [0.15, 0.2) is 36.4 Å². The topological polar surface area (TPSA) is 63.1 Å². The molecule has 1 aromatic carbocycles. The quantitative estimate of drug-likeness (QED) is 0.757. The maximum absolute atomic E-state index is 11.8. The first-order valence-electron chi connectivity index (χ1n) is 9.54. The molecule has 144 valence electrons. The molecular weight excluding hydrogens is 350 g/mol. The van der Waals surface area contributed by atoms with E-state index in [9.17, 15) is 4.79 Å². The van der Waals surface area contributed by atoms with Crippen molar-refractivity contribution >= 4 is 17.4 Å². The van der Waals surface area contributed by atoms with Gasteiger partial charge in [-0.2, -0.15) is 5.10 Å². The van der Waals surface area contributed by atoms with Gasteiger partial charge in [0.15, 0.2) is 5.82 Å². The summed E-state index contributed by atoms with van der Waals surface area (Å²) in [6.07, 6.45) is 0.832. The number of aryl methyl sites for hydroxylation is 3. The standard InChI is InChI=1S/C22H25N5O/c1-14-5-10-19(15(2)23-14)17-6-8-18(9-7-17)24-22-20-13-27(16(3)28)12-11-21(20)26(4)25-22/h5-10H,11-13H2,1-4H3,(H,24,25). The Morgan fingerprint density at radius 1 is 1.11 bits per heavy atom. The minimum Gasteiger partial charge on any atom is -0.338 e. The molecule has 0 saturated carbocycles. The number of benzene rings is 1. The molecule has 1 aliphatic heterocycles. The van der Waals surface area contributed by atoms with Crippen molar-refractivity contribution in [2.75, 3.05) is 11.9 Å². The first kappa shape index (κ1) is 18.2. The summed E-state index contributed by atoms with van der Waals surface area (Å²) in [4.78, 5) is 18.2. The zero-order valence-corrected chi connectivity index (χ0v) is 16.8. The zero-order chi connectivity index (χ0) is 19.8. The molecular formula is C22H25N5O. The zero-order valence-electron chi connectivity index (χ0n) is 16.8. The highest BCUT2D eigenvalue weighted by molar-refractivity contribution is 5.74. The van der Waals surface area contributed by atoms with Crippen molar-refractivity contribution in [2.45, 2.75) is 33.7 Å². The van der Waals surface area contributed by atoms with E-state index in [2.05, 4.69) is 45.7 Å². The van der Waals surface area contributed by atoms with E-state index < -0.39 is 0 Å². The van der Waals surface area contributed by atoms with Gasteiger partial charge in [-0.25, -0.2) is 0 Å². The van der Waals surface area contributed by atoms with Crippen LogP contribution in [-0.4, -0.2) is 32.1 Å². The van der Waals surface area contributed by atoms with Crippen LogP contribution in [0.5, 0.6) is 0 Å². The maximum Gasteiger partial charge on any atom is 0.219 e. The second kappa shape index (κ2) is 7.11. The maximum atomic E-state index is 11.8. The molecule has 1 aliphatic rings. The smallest absolute Gasteiger partial charge is 0.219 e. The number of hydrogen-bond donors (Lipinski definition) is 1. The number of hydrogen-bond acceptors (Lipinski definition) is 4. The van der Waals surface area contributed by atoms with Crippen LogP contribution in [0.1, 0.15) is 29.6 Å². The van der Waals surface area contributed by atoms with Gasteiger partial charge in [-0.15, -0.1) is 0 Å². The average molecular weight is 375 g/mol. The Balaban J connectivity index is 1.58. The lowest BCUT2D eigenvalue weighted by atomic mass is 10.0. The van der Waals surface area contributed by atoms with E-state index in [4.69, 9.17) is 0 Å². The van der Waals surface area contributed by atoms with Crippen LogP contribution in [0.25, 0.3) is 11.1 Å². The molecule has 0 fully saturated rings. The molecule has 28 heavy (non-hydrogen) atoms. The largest absolute Gasteiger partial charge is 0.338 e. The average Bonchev–Trinajstić information content (AvgIpc) is 2.98. The number of aromatic nitrogens is 3. The number of amides is 1. The number of pyridine rings is 1. The number of nitrogens with one attached hydrogen (secondary N) is 1. The number of anilines is 2. The van der Waals surface area contributed by atoms with Crippen molar-refractivity contribution in [1.29, 1.82) is 0 Å². The van der Waals surface area contributed by atoms with Gasteiger partial charge in [0, 0.05) is 60.8 Å². The van der Waals surface area contributed by atoms with Gasteiger partial charge in [0.25, 0.3) is 0 Å². The third-order valence-corrected chi connectivity index (χ3v) is 5.37. The van der Waals surface area contributed by atoms with Crippen molar-refractivity contribution in [3.63, 3.8) is 0 Å². The molecule has 6 heteroatoms. The number of fused-ring (bicyclic) bond motifs is 1. The van der Waals surface area contributed by atoms with Crippen LogP contribution in [0.2, 0.25) is 0 Å². The third kappa shape index (κ3) is 3.38. The van der Waals surface area contributed by atoms with Gasteiger partial charge < -0.3 is 10.2 Å². The number of rotatable bonds is 3. The van der Waals surface area contributed by atoms with Crippen LogP contribution >= 0.6 is 0 Å². The summed E-state index contributed by atoms with van der Waals surface area (Å²) in [6, 6.07) is 12.5. The van der Waals surface area contributed by atoms with E-state index in [1.165, 1.54) is 5.69 Å². The molecule has 0 bridgehead atoms. The third-order valence-electron chi connectivity index (χ3n) is 5.37. The molecule has 1 amide bonds. The Morgan fingerprint density at radius 2 is 1.86 bits per heavy atom. The van der Waals surface area contributed by atoms with Gasteiger partial charge in [0.1, 0.15) is 0 Å². The van der Waals surface area contributed by atoms with Gasteiger partial charge in [-0.1, -0.05) is 18.2 Å². The van der Waals surface area contributed by atoms with Crippen LogP contribution in [-0.2, 0) is 24.8 Å². The normalized spacial score (nSPS) is 13.4. The van der Waals surface area contributed by atoms with Crippen LogP contribution in [0.3, 0.4) is 0 Å². The van der Waals surface area contributed by atoms with Crippen molar-refractivity contribution in [1.82, 2.24) is 19.7 Å². The molecule has 0 aliphatic carbocycles. The Labute approximate surface area is 165 Å². The minimum absolute atomic E-state index is 0.104. The number of carbonyl (C=O) groups is 1. The van der Waals surface area contributed by atoms with E-state index in [0.717, 1.165) is 52.5 Å². The second-order valence-corrected chi connectivity index (χ2v) is 7.38. The first-order valence-corrected chi connectivity index (χ1v) is 9.54. The predicted octanol–water partition coefficient (Wildman–Crippen LogP) is 3.75. The fourth-order valence-electron chi connectivity index (χ4n) is 3.82. The summed E-state index contributed by atoms with van der Waals surface area (Å²) >= 11 is 0. The van der Waals surface area contributed by atoms with Crippen LogP contribution < -0.4 is 5.32 Å². The van der Waals surface area contributed by atoms with Gasteiger partial charge >= 0.3 is 0 Å². The lowest BCUT2D eigenvalue weighted by Crippen LogP contribution is -2.34. The Morgan fingerprint density at radius 3 is 2.54 bits per heavy atom. The Hall–Kier alpha value is -3.15. The molecule has 0 saturated heterocycles. The Bertz CT molecular complexity index is 1040. The fourth-order valence-corrected chi connectivity index (χ4v) is 3.82. The van der Waals surface area contributed by atoms with Crippen molar-refractivity contribution < 1.29 is 4.79 Å². The van der Waals surface area contributed by atoms with E-state index in [1.807, 2.05) is 36.5 Å². The van der Waals surface area contributed by atoms with Gasteiger partial charge in [0.05, 0.1) is 6.54 Å². The molecule has 0 spiro atoms. The molecule has 3 aromatic rings. The molecule has 0 unspecified atom stereocenters. The van der Waals surface area contributed by atoms with Gasteiger partial charge in [-0.3, -0.25) is 14.5 Å². The highest BCUT2D eigenvalue weighted by Crippen LogP contribution is 2.29. The summed E-state index contributed by atoms with van der Waals surface area (Å²) < 4.78 is 1.92. The molecule has 3 heterocycles. The lowest BCUT2D eigenvalue weighted by molar-refractivity contribution is -0.129. The summed E-state index contributed by atoms with van der Waals surface area (Å²) in [6.45, 7) is 7.02.